The van der Waals surface area contributed by atoms with Gasteiger partial charge >= 0.3 is 0 Å². The maximum absolute atomic E-state index is 12.3. The number of anilines is 1. The molecule has 112 valence electrons. The van der Waals surface area contributed by atoms with Crippen LogP contribution >= 0.6 is 0 Å². The fourth-order valence-corrected chi connectivity index (χ4v) is 2.55. The van der Waals surface area contributed by atoms with Gasteiger partial charge in [-0.15, -0.1) is 0 Å². The van der Waals surface area contributed by atoms with Crippen LogP contribution in [0.3, 0.4) is 0 Å². The third-order valence-electron chi connectivity index (χ3n) is 4.06. The van der Waals surface area contributed by atoms with E-state index >= 15 is 0 Å². The van der Waals surface area contributed by atoms with Gasteiger partial charge in [0.05, 0.1) is 24.3 Å². The predicted molar refractivity (Wildman–Crippen MR) is 80.7 cm³/mol. The van der Waals surface area contributed by atoms with Crippen LogP contribution in [0.1, 0.15) is 31.7 Å². The first-order valence-electron chi connectivity index (χ1n) is 7.33. The van der Waals surface area contributed by atoms with E-state index in [9.17, 15) is 9.90 Å². The third kappa shape index (κ3) is 3.81. The zero-order valence-electron chi connectivity index (χ0n) is 12.2. The Hall–Kier alpha value is -1.90. The van der Waals surface area contributed by atoms with Crippen LogP contribution in [0.2, 0.25) is 0 Å². The summed E-state index contributed by atoms with van der Waals surface area (Å²) in [6.45, 7) is 2.45. The summed E-state index contributed by atoms with van der Waals surface area (Å²) in [4.78, 5) is 14.4. The van der Waals surface area contributed by atoms with Crippen LogP contribution in [0.5, 0.6) is 0 Å². The Bertz CT molecular complexity index is 517. The smallest absolute Gasteiger partial charge is 0.241 e. The molecule has 1 aliphatic rings. The first-order valence-corrected chi connectivity index (χ1v) is 7.33. The van der Waals surface area contributed by atoms with Gasteiger partial charge < -0.3 is 10.4 Å². The number of carbonyl (C=O) groups is 1. The predicted octanol–water partition coefficient (Wildman–Crippen LogP) is 1.73. The zero-order valence-corrected chi connectivity index (χ0v) is 12.2. The summed E-state index contributed by atoms with van der Waals surface area (Å²) in [6, 6.07) is 8.98. The van der Waals surface area contributed by atoms with E-state index < -0.39 is 0 Å². The number of aliphatic hydroxyl groups is 1. The molecule has 1 unspecified atom stereocenters. The van der Waals surface area contributed by atoms with Gasteiger partial charge in [0.2, 0.25) is 5.91 Å². The van der Waals surface area contributed by atoms with E-state index in [1.54, 1.807) is 24.3 Å². The van der Waals surface area contributed by atoms with Crippen LogP contribution < -0.4 is 5.32 Å². The average Bonchev–Trinajstić information content (AvgIpc) is 2.45. The van der Waals surface area contributed by atoms with Crippen molar-refractivity contribution in [2.75, 3.05) is 18.5 Å². The summed E-state index contributed by atoms with van der Waals surface area (Å²) < 4.78 is 0. The second-order valence-corrected chi connectivity index (χ2v) is 5.40. The molecule has 1 atom stereocenters. The molecule has 1 aromatic carbocycles. The number of carbonyl (C=O) groups excluding carboxylic acids is 1. The van der Waals surface area contributed by atoms with Crippen molar-refractivity contribution in [2.45, 2.75) is 38.3 Å². The molecule has 1 aromatic rings. The minimum atomic E-state index is -0.280. The molecule has 1 fully saturated rings. The van der Waals surface area contributed by atoms with Crippen LogP contribution in [0, 0.1) is 11.3 Å². The van der Waals surface area contributed by atoms with Gasteiger partial charge in [0.1, 0.15) is 0 Å². The molecule has 1 aliphatic carbocycles. The number of nitrogens with zero attached hydrogens (tertiary/aromatic N) is 2. The molecule has 0 saturated heterocycles. The molecule has 0 aromatic heterocycles. The van der Waals surface area contributed by atoms with E-state index in [0.717, 1.165) is 12.8 Å². The number of hydrogen-bond acceptors (Lipinski definition) is 4. The fraction of sp³-hybridized carbons (Fsp3) is 0.500. The minimum absolute atomic E-state index is 0.0605. The van der Waals surface area contributed by atoms with E-state index in [1.165, 1.54) is 6.42 Å². The van der Waals surface area contributed by atoms with Crippen LogP contribution in [0.4, 0.5) is 5.69 Å². The van der Waals surface area contributed by atoms with Crippen molar-refractivity contribution in [3.63, 3.8) is 0 Å². The Morgan fingerprint density at radius 1 is 1.48 bits per heavy atom. The number of rotatable bonds is 6. The van der Waals surface area contributed by atoms with Crippen molar-refractivity contribution in [1.29, 1.82) is 5.26 Å². The summed E-state index contributed by atoms with van der Waals surface area (Å²) in [5.41, 5.74) is 1.25. The lowest BCUT2D eigenvalue weighted by atomic mass is 9.90. The number of nitriles is 1. The lowest BCUT2D eigenvalue weighted by molar-refractivity contribution is -0.122. The zero-order chi connectivity index (χ0) is 15.2. The number of hydrogen-bond donors (Lipinski definition) is 2. The van der Waals surface area contributed by atoms with E-state index in [0.29, 0.717) is 23.8 Å². The molecule has 0 radical (unpaired) electrons. The molecule has 1 saturated carbocycles. The van der Waals surface area contributed by atoms with E-state index in [2.05, 4.69) is 10.2 Å². The van der Waals surface area contributed by atoms with Gasteiger partial charge in [0.15, 0.2) is 0 Å². The Labute approximate surface area is 125 Å². The highest BCUT2D eigenvalue weighted by atomic mass is 16.3. The Balaban J connectivity index is 1.98. The van der Waals surface area contributed by atoms with E-state index in [-0.39, 0.29) is 18.6 Å². The second-order valence-electron chi connectivity index (χ2n) is 5.40. The van der Waals surface area contributed by atoms with Crippen molar-refractivity contribution >= 4 is 11.6 Å². The molecule has 0 heterocycles. The Morgan fingerprint density at radius 3 is 2.62 bits per heavy atom. The molecule has 0 aliphatic heterocycles. The van der Waals surface area contributed by atoms with Crippen molar-refractivity contribution in [1.82, 2.24) is 4.90 Å². The van der Waals surface area contributed by atoms with Crippen molar-refractivity contribution in [3.05, 3.63) is 29.8 Å². The highest BCUT2D eigenvalue weighted by molar-refractivity contribution is 5.94. The number of amides is 1. The second kappa shape index (κ2) is 7.21. The van der Waals surface area contributed by atoms with Gasteiger partial charge in [0.25, 0.3) is 0 Å². The topological polar surface area (TPSA) is 76.4 Å². The SMILES string of the molecule is CC(C(=O)Nc1ccc(C#N)cc1)N(CCO)C1CCC1. The Kier molecular flexibility index (Phi) is 5.32. The number of benzene rings is 1. The molecule has 1 amide bonds. The highest BCUT2D eigenvalue weighted by Crippen LogP contribution is 2.26. The van der Waals surface area contributed by atoms with Gasteiger partial charge in [0, 0.05) is 18.3 Å². The fourth-order valence-electron chi connectivity index (χ4n) is 2.55. The average molecular weight is 287 g/mol. The van der Waals surface area contributed by atoms with E-state index in [1.807, 2.05) is 13.0 Å². The molecular weight excluding hydrogens is 266 g/mol. The normalized spacial score (nSPS) is 16.1. The summed E-state index contributed by atoms with van der Waals surface area (Å²) in [6.07, 6.45) is 3.37. The third-order valence-corrected chi connectivity index (χ3v) is 4.06. The van der Waals surface area contributed by atoms with Crippen LogP contribution in [-0.2, 0) is 4.79 Å². The molecule has 5 heteroatoms. The largest absolute Gasteiger partial charge is 0.395 e. The quantitative estimate of drug-likeness (QED) is 0.835. The molecular formula is C16H21N3O2. The Morgan fingerprint density at radius 2 is 2.14 bits per heavy atom. The lowest BCUT2D eigenvalue weighted by Gasteiger charge is -2.40. The maximum Gasteiger partial charge on any atom is 0.241 e. The highest BCUT2D eigenvalue weighted by Gasteiger charge is 2.31. The maximum atomic E-state index is 12.3. The van der Waals surface area contributed by atoms with Crippen molar-refractivity contribution in [3.8, 4) is 6.07 Å². The summed E-state index contributed by atoms with van der Waals surface area (Å²) in [5, 5.41) is 20.8. The van der Waals surface area contributed by atoms with Crippen LogP contribution in [0.25, 0.3) is 0 Å². The number of aliphatic hydroxyl groups excluding tert-OH is 1. The van der Waals surface area contributed by atoms with Crippen LogP contribution in [-0.4, -0.2) is 41.1 Å². The molecule has 2 rings (SSSR count). The first kappa shape index (κ1) is 15.5. The molecule has 2 N–H and O–H groups in total. The summed E-state index contributed by atoms with van der Waals surface area (Å²) in [5.74, 6) is -0.0833. The standard InChI is InChI=1S/C16H21N3O2/c1-12(19(9-10-20)15-3-2-4-15)16(21)18-14-7-5-13(11-17)6-8-14/h5-8,12,15,20H,2-4,9-10H2,1H3,(H,18,21). The van der Waals surface area contributed by atoms with Crippen molar-refractivity contribution in [2.24, 2.45) is 0 Å². The minimum Gasteiger partial charge on any atom is -0.395 e. The molecule has 21 heavy (non-hydrogen) atoms. The van der Waals surface area contributed by atoms with Gasteiger partial charge in [-0.3, -0.25) is 9.69 Å². The first-order chi connectivity index (χ1) is 10.2. The van der Waals surface area contributed by atoms with Gasteiger partial charge in [-0.25, -0.2) is 0 Å². The summed E-state index contributed by atoms with van der Waals surface area (Å²) >= 11 is 0. The molecule has 5 nitrogen and oxygen atoms in total. The number of nitrogens with one attached hydrogen (secondary N) is 1. The van der Waals surface area contributed by atoms with Gasteiger partial charge in [-0.2, -0.15) is 5.26 Å². The van der Waals surface area contributed by atoms with Crippen molar-refractivity contribution < 1.29 is 9.90 Å². The molecule has 0 bridgehead atoms. The lowest BCUT2D eigenvalue weighted by Crippen LogP contribution is -2.51. The summed E-state index contributed by atoms with van der Waals surface area (Å²) in [7, 11) is 0. The van der Waals surface area contributed by atoms with Gasteiger partial charge in [-0.1, -0.05) is 6.42 Å². The van der Waals surface area contributed by atoms with E-state index in [4.69, 9.17) is 5.26 Å². The van der Waals surface area contributed by atoms with Gasteiger partial charge in [-0.05, 0) is 44.0 Å². The van der Waals surface area contributed by atoms with Crippen LogP contribution in [0.15, 0.2) is 24.3 Å². The molecule has 0 spiro atoms. The monoisotopic (exact) mass is 287 g/mol.